The summed E-state index contributed by atoms with van der Waals surface area (Å²) in [7, 11) is 0. The Morgan fingerprint density at radius 3 is 2.20 bits per heavy atom. The van der Waals surface area contributed by atoms with Gasteiger partial charge in [-0.15, -0.1) is 0 Å². The second-order valence-electron chi connectivity index (χ2n) is 2.18. The van der Waals surface area contributed by atoms with Crippen molar-refractivity contribution in [3.63, 3.8) is 0 Å². The minimum Gasteiger partial charge on any atom is -0.394 e. The van der Waals surface area contributed by atoms with Crippen molar-refractivity contribution in [3.05, 3.63) is 0 Å². The summed E-state index contributed by atoms with van der Waals surface area (Å²) in [6.45, 7) is -0.487. The molecule has 0 aromatic heterocycles. The third-order valence-electron chi connectivity index (χ3n) is 1.47. The topological polar surface area (TPSA) is 69.9 Å². The minimum absolute atomic E-state index is 0.487. The lowest BCUT2D eigenvalue weighted by molar-refractivity contribution is -0.121. The fourth-order valence-electron chi connectivity index (χ4n) is 0.859. The Hall–Kier alpha value is -0.230. The van der Waals surface area contributed by atoms with Gasteiger partial charge >= 0.3 is 0 Å². The van der Waals surface area contributed by atoms with Gasteiger partial charge in [-0.2, -0.15) is 0 Å². The molecule has 4 atom stereocenters. The van der Waals surface area contributed by atoms with Crippen LogP contribution in [0.25, 0.3) is 0 Å². The van der Waals surface area contributed by atoms with E-state index in [0.717, 1.165) is 0 Å². The van der Waals surface area contributed by atoms with Crippen molar-refractivity contribution < 1.29 is 24.4 Å². The Balaban J connectivity index is 2.53. The summed E-state index contributed by atoms with van der Waals surface area (Å²) in [5.74, 6) is 0. The maximum absolute atomic E-state index is 12.4. The number of aliphatic hydroxyl groups excluding tert-OH is 3. The summed E-state index contributed by atoms with van der Waals surface area (Å²) in [6.07, 6.45) is -5.82. The zero-order valence-electron chi connectivity index (χ0n) is 5.14. The van der Waals surface area contributed by atoms with Gasteiger partial charge in [-0.05, 0) is 0 Å². The van der Waals surface area contributed by atoms with Crippen LogP contribution in [0.1, 0.15) is 0 Å². The maximum atomic E-state index is 12.4. The highest BCUT2D eigenvalue weighted by Gasteiger charge is 2.42. The molecule has 0 aromatic carbocycles. The van der Waals surface area contributed by atoms with E-state index in [1.54, 1.807) is 0 Å². The van der Waals surface area contributed by atoms with Gasteiger partial charge in [0.2, 0.25) is 0 Å². The number of rotatable bonds is 1. The van der Waals surface area contributed by atoms with E-state index in [-0.39, 0.29) is 0 Å². The Kier molecular flexibility index (Phi) is 2.20. The third-order valence-corrected chi connectivity index (χ3v) is 1.47. The second-order valence-corrected chi connectivity index (χ2v) is 2.18. The number of aliphatic hydroxyl groups is 3. The molecule has 0 aliphatic carbocycles. The fraction of sp³-hybridized carbons (Fsp3) is 1.00. The highest BCUT2D eigenvalue weighted by atomic mass is 19.1. The molecule has 10 heavy (non-hydrogen) atoms. The average Bonchev–Trinajstić information content (AvgIpc) is 2.17. The van der Waals surface area contributed by atoms with Gasteiger partial charge in [0, 0.05) is 0 Å². The number of hydrogen-bond donors (Lipinski definition) is 3. The molecule has 3 N–H and O–H groups in total. The summed E-state index contributed by atoms with van der Waals surface area (Å²) in [5.41, 5.74) is 0. The molecule has 5 heteroatoms. The minimum atomic E-state index is -1.81. The molecule has 0 amide bonds. The highest BCUT2D eigenvalue weighted by molar-refractivity contribution is 4.85. The van der Waals surface area contributed by atoms with Crippen LogP contribution in [0.3, 0.4) is 0 Å². The van der Waals surface area contributed by atoms with E-state index in [0.29, 0.717) is 0 Å². The van der Waals surface area contributed by atoms with Crippen molar-refractivity contribution in [2.24, 2.45) is 0 Å². The number of halogens is 1. The first-order chi connectivity index (χ1) is 4.66. The van der Waals surface area contributed by atoms with Crippen LogP contribution >= 0.6 is 0 Å². The summed E-state index contributed by atoms with van der Waals surface area (Å²) >= 11 is 0. The molecular formula is C5H9FO4. The van der Waals surface area contributed by atoms with Crippen LogP contribution in [0.5, 0.6) is 0 Å². The first-order valence-corrected chi connectivity index (χ1v) is 2.93. The molecule has 1 saturated heterocycles. The fourth-order valence-corrected chi connectivity index (χ4v) is 0.859. The largest absolute Gasteiger partial charge is 0.394 e. The van der Waals surface area contributed by atoms with E-state index < -0.39 is 31.3 Å². The van der Waals surface area contributed by atoms with E-state index in [4.69, 9.17) is 15.3 Å². The zero-order chi connectivity index (χ0) is 7.72. The van der Waals surface area contributed by atoms with Crippen molar-refractivity contribution in [3.8, 4) is 0 Å². The van der Waals surface area contributed by atoms with Gasteiger partial charge in [0.1, 0.15) is 12.2 Å². The Bertz CT molecular complexity index is 120. The van der Waals surface area contributed by atoms with Crippen molar-refractivity contribution in [1.82, 2.24) is 0 Å². The number of ether oxygens (including phenoxy) is 1. The monoisotopic (exact) mass is 152 g/mol. The SMILES string of the molecule is OC[C@H]1O[C@H](O)[C@@H](F)[C@@H]1O. The van der Waals surface area contributed by atoms with Gasteiger partial charge < -0.3 is 20.1 Å². The van der Waals surface area contributed by atoms with E-state index in [9.17, 15) is 4.39 Å². The van der Waals surface area contributed by atoms with Crippen molar-refractivity contribution in [1.29, 1.82) is 0 Å². The molecule has 1 rings (SSSR count). The molecule has 0 unspecified atom stereocenters. The quantitative estimate of drug-likeness (QED) is 0.423. The summed E-state index contributed by atoms with van der Waals surface area (Å²) in [4.78, 5) is 0. The van der Waals surface area contributed by atoms with Gasteiger partial charge in [0.25, 0.3) is 0 Å². The lowest BCUT2D eigenvalue weighted by Gasteiger charge is -2.08. The molecule has 1 fully saturated rings. The molecule has 0 spiro atoms. The normalized spacial score (nSPS) is 48.0. The molecular weight excluding hydrogens is 143 g/mol. The van der Waals surface area contributed by atoms with Crippen LogP contribution in [0, 0.1) is 0 Å². The smallest absolute Gasteiger partial charge is 0.189 e. The summed E-state index contributed by atoms with van der Waals surface area (Å²) in [5, 5.41) is 25.8. The molecule has 1 heterocycles. The molecule has 1 aliphatic rings. The van der Waals surface area contributed by atoms with Gasteiger partial charge in [0.05, 0.1) is 6.61 Å². The first-order valence-electron chi connectivity index (χ1n) is 2.93. The van der Waals surface area contributed by atoms with Gasteiger partial charge in [-0.25, -0.2) is 4.39 Å². The van der Waals surface area contributed by atoms with Crippen LogP contribution < -0.4 is 0 Å². The van der Waals surface area contributed by atoms with Crippen LogP contribution in [0.15, 0.2) is 0 Å². The van der Waals surface area contributed by atoms with Gasteiger partial charge in [0.15, 0.2) is 12.5 Å². The lowest BCUT2D eigenvalue weighted by atomic mass is 10.2. The van der Waals surface area contributed by atoms with E-state index >= 15 is 0 Å². The van der Waals surface area contributed by atoms with E-state index in [1.807, 2.05) is 0 Å². The highest BCUT2D eigenvalue weighted by Crippen LogP contribution is 2.21. The molecule has 60 valence electrons. The zero-order valence-corrected chi connectivity index (χ0v) is 5.14. The van der Waals surface area contributed by atoms with Crippen molar-refractivity contribution in [2.45, 2.75) is 24.7 Å². The third kappa shape index (κ3) is 1.13. The predicted octanol–water partition coefficient (Wildman–Crippen LogP) is -1.61. The molecule has 0 saturated carbocycles. The predicted molar refractivity (Wildman–Crippen MR) is 28.9 cm³/mol. The summed E-state index contributed by atoms with van der Waals surface area (Å²) < 4.78 is 16.8. The van der Waals surface area contributed by atoms with Crippen LogP contribution in [-0.2, 0) is 4.74 Å². The molecule has 0 bridgehead atoms. The van der Waals surface area contributed by atoms with Gasteiger partial charge in [-0.1, -0.05) is 0 Å². The Morgan fingerprint density at radius 1 is 1.40 bits per heavy atom. The number of hydrogen-bond acceptors (Lipinski definition) is 4. The van der Waals surface area contributed by atoms with Crippen LogP contribution in [0.2, 0.25) is 0 Å². The van der Waals surface area contributed by atoms with Crippen molar-refractivity contribution >= 4 is 0 Å². The van der Waals surface area contributed by atoms with Crippen molar-refractivity contribution in [2.75, 3.05) is 6.61 Å². The van der Waals surface area contributed by atoms with Crippen LogP contribution in [-0.4, -0.2) is 46.6 Å². The standard InChI is InChI=1S/C5H9FO4/c6-3-4(8)2(1-7)10-5(3)9/h2-5,7-9H,1H2/t2-,3+,4-,5+/m1/s1. The summed E-state index contributed by atoms with van der Waals surface area (Å²) in [6, 6.07) is 0. The first kappa shape index (κ1) is 7.87. The van der Waals surface area contributed by atoms with Gasteiger partial charge in [-0.3, -0.25) is 0 Å². The molecule has 4 nitrogen and oxygen atoms in total. The van der Waals surface area contributed by atoms with Crippen LogP contribution in [0.4, 0.5) is 4.39 Å². The van der Waals surface area contributed by atoms with E-state index in [2.05, 4.69) is 4.74 Å². The Morgan fingerprint density at radius 2 is 2.00 bits per heavy atom. The van der Waals surface area contributed by atoms with E-state index in [1.165, 1.54) is 0 Å². The molecule has 0 aromatic rings. The Labute approximate surface area is 56.9 Å². The second kappa shape index (κ2) is 2.79. The maximum Gasteiger partial charge on any atom is 0.189 e. The average molecular weight is 152 g/mol. The molecule has 1 aliphatic heterocycles. The lowest BCUT2D eigenvalue weighted by Crippen LogP contribution is -2.30. The molecule has 0 radical (unpaired) electrons. The number of alkyl halides is 1.